The SMILES string of the molecule is CCC(CC)CN(CC)c1nc(CNC(C)(C)C)co1. The molecule has 0 saturated heterocycles. The molecular weight excluding hydrogens is 250 g/mol. The lowest BCUT2D eigenvalue weighted by Crippen LogP contribution is -2.35. The second-order valence-electron chi connectivity index (χ2n) is 6.45. The first-order valence-electron chi connectivity index (χ1n) is 7.83. The molecular formula is C16H31N3O. The maximum atomic E-state index is 5.65. The van der Waals surface area contributed by atoms with Gasteiger partial charge in [-0.2, -0.15) is 4.98 Å². The van der Waals surface area contributed by atoms with Gasteiger partial charge in [0.05, 0.1) is 5.69 Å². The molecule has 4 heteroatoms. The highest BCUT2D eigenvalue weighted by atomic mass is 16.4. The molecule has 116 valence electrons. The molecule has 1 aromatic heterocycles. The molecule has 1 N–H and O–H groups in total. The van der Waals surface area contributed by atoms with Crippen LogP contribution in [0.2, 0.25) is 0 Å². The van der Waals surface area contributed by atoms with E-state index in [1.165, 1.54) is 12.8 Å². The summed E-state index contributed by atoms with van der Waals surface area (Å²) in [6.07, 6.45) is 4.17. The third-order valence-electron chi connectivity index (χ3n) is 3.62. The van der Waals surface area contributed by atoms with Crippen LogP contribution in [0.1, 0.15) is 60.1 Å². The van der Waals surface area contributed by atoms with Crippen molar-refractivity contribution in [3.63, 3.8) is 0 Å². The Hall–Kier alpha value is -1.03. The lowest BCUT2D eigenvalue weighted by Gasteiger charge is -2.23. The molecule has 0 spiro atoms. The predicted octanol–water partition coefficient (Wildman–Crippen LogP) is 3.83. The Labute approximate surface area is 123 Å². The van der Waals surface area contributed by atoms with Crippen LogP contribution < -0.4 is 10.2 Å². The molecule has 0 aromatic carbocycles. The maximum Gasteiger partial charge on any atom is 0.297 e. The zero-order valence-electron chi connectivity index (χ0n) is 14.0. The summed E-state index contributed by atoms with van der Waals surface area (Å²) in [6.45, 7) is 15.8. The van der Waals surface area contributed by atoms with E-state index in [9.17, 15) is 0 Å². The van der Waals surface area contributed by atoms with Gasteiger partial charge in [-0.1, -0.05) is 26.7 Å². The quantitative estimate of drug-likeness (QED) is 0.786. The number of oxazole rings is 1. The summed E-state index contributed by atoms with van der Waals surface area (Å²) in [4.78, 5) is 6.84. The van der Waals surface area contributed by atoms with Crippen molar-refractivity contribution in [2.24, 2.45) is 5.92 Å². The fraction of sp³-hybridized carbons (Fsp3) is 0.812. The highest BCUT2D eigenvalue weighted by Gasteiger charge is 2.16. The normalized spacial score (nSPS) is 12.2. The Morgan fingerprint density at radius 3 is 2.40 bits per heavy atom. The summed E-state index contributed by atoms with van der Waals surface area (Å²) < 4.78 is 5.65. The van der Waals surface area contributed by atoms with Crippen LogP contribution in [0.25, 0.3) is 0 Å². The minimum Gasteiger partial charge on any atom is -0.432 e. The molecule has 4 nitrogen and oxygen atoms in total. The van der Waals surface area contributed by atoms with Crippen LogP contribution in [0.15, 0.2) is 10.7 Å². The second kappa shape index (κ2) is 7.67. The number of aromatic nitrogens is 1. The van der Waals surface area contributed by atoms with Gasteiger partial charge in [0.1, 0.15) is 6.26 Å². The minimum atomic E-state index is 0.0963. The van der Waals surface area contributed by atoms with Gasteiger partial charge in [0.2, 0.25) is 0 Å². The summed E-state index contributed by atoms with van der Waals surface area (Å²) in [5.41, 5.74) is 1.07. The number of nitrogens with one attached hydrogen (secondary N) is 1. The second-order valence-corrected chi connectivity index (χ2v) is 6.45. The van der Waals surface area contributed by atoms with Crippen LogP contribution in [0.3, 0.4) is 0 Å². The van der Waals surface area contributed by atoms with Gasteiger partial charge < -0.3 is 14.6 Å². The molecule has 0 amide bonds. The van der Waals surface area contributed by atoms with E-state index in [1.807, 2.05) is 0 Å². The van der Waals surface area contributed by atoms with Crippen LogP contribution >= 0.6 is 0 Å². The van der Waals surface area contributed by atoms with Crippen molar-refractivity contribution in [3.05, 3.63) is 12.0 Å². The topological polar surface area (TPSA) is 41.3 Å². The van der Waals surface area contributed by atoms with Crippen molar-refractivity contribution < 1.29 is 4.42 Å². The average molecular weight is 281 g/mol. The third-order valence-corrected chi connectivity index (χ3v) is 3.62. The first kappa shape index (κ1) is 17.0. The van der Waals surface area contributed by atoms with Gasteiger partial charge in [0, 0.05) is 25.2 Å². The van der Waals surface area contributed by atoms with Crippen LogP contribution in [0, 0.1) is 5.92 Å². The van der Waals surface area contributed by atoms with Gasteiger partial charge in [0.25, 0.3) is 6.01 Å². The van der Waals surface area contributed by atoms with Crippen molar-refractivity contribution in [3.8, 4) is 0 Å². The average Bonchev–Trinajstić information content (AvgIpc) is 2.86. The summed E-state index contributed by atoms with van der Waals surface area (Å²) in [5, 5.41) is 3.43. The monoisotopic (exact) mass is 281 g/mol. The number of hydrogen-bond acceptors (Lipinski definition) is 4. The first-order chi connectivity index (χ1) is 9.39. The highest BCUT2D eigenvalue weighted by molar-refractivity contribution is 5.26. The Morgan fingerprint density at radius 2 is 1.90 bits per heavy atom. The molecule has 0 aliphatic heterocycles. The first-order valence-corrected chi connectivity index (χ1v) is 7.83. The van der Waals surface area contributed by atoms with Crippen molar-refractivity contribution in [2.45, 2.75) is 66.5 Å². The van der Waals surface area contributed by atoms with Crippen LogP contribution in [0.5, 0.6) is 0 Å². The lowest BCUT2D eigenvalue weighted by molar-refractivity contribution is 0.420. The van der Waals surface area contributed by atoms with E-state index in [2.05, 4.69) is 56.7 Å². The molecule has 0 bridgehead atoms. The molecule has 0 fully saturated rings. The molecule has 1 heterocycles. The third kappa shape index (κ3) is 5.53. The van der Waals surface area contributed by atoms with E-state index in [-0.39, 0.29) is 5.54 Å². The zero-order valence-corrected chi connectivity index (χ0v) is 14.0. The minimum absolute atomic E-state index is 0.0963. The molecule has 0 atom stereocenters. The molecule has 0 radical (unpaired) electrons. The number of hydrogen-bond donors (Lipinski definition) is 1. The number of nitrogens with zero attached hydrogens (tertiary/aromatic N) is 2. The van der Waals surface area contributed by atoms with Gasteiger partial charge in [-0.3, -0.25) is 0 Å². The van der Waals surface area contributed by atoms with Crippen LogP contribution in [0.4, 0.5) is 6.01 Å². The Bertz CT molecular complexity index is 377. The summed E-state index contributed by atoms with van der Waals surface area (Å²) in [6, 6.07) is 0.755. The van der Waals surface area contributed by atoms with Gasteiger partial charge in [-0.25, -0.2) is 0 Å². The smallest absolute Gasteiger partial charge is 0.297 e. The Morgan fingerprint density at radius 1 is 1.25 bits per heavy atom. The van der Waals surface area contributed by atoms with E-state index in [0.29, 0.717) is 5.92 Å². The van der Waals surface area contributed by atoms with E-state index < -0.39 is 0 Å². The highest BCUT2D eigenvalue weighted by Crippen LogP contribution is 2.18. The summed E-state index contributed by atoms with van der Waals surface area (Å²) in [7, 11) is 0. The van der Waals surface area contributed by atoms with E-state index in [1.54, 1.807) is 6.26 Å². The molecule has 0 aliphatic rings. The maximum absolute atomic E-state index is 5.65. The number of anilines is 1. The molecule has 1 aromatic rings. The molecule has 0 unspecified atom stereocenters. The Balaban J connectivity index is 2.63. The largest absolute Gasteiger partial charge is 0.432 e. The van der Waals surface area contributed by atoms with Gasteiger partial charge >= 0.3 is 0 Å². The molecule has 1 rings (SSSR count). The van der Waals surface area contributed by atoms with Gasteiger partial charge in [-0.15, -0.1) is 0 Å². The Kier molecular flexibility index (Phi) is 6.53. The van der Waals surface area contributed by atoms with Crippen LogP contribution in [-0.4, -0.2) is 23.6 Å². The standard InChI is InChI=1S/C16H31N3O/c1-7-13(8-2)11-19(9-3)15-18-14(12-20-15)10-17-16(4,5)6/h12-13,17H,7-11H2,1-6H3. The molecule has 20 heavy (non-hydrogen) atoms. The van der Waals surface area contributed by atoms with Crippen LogP contribution in [-0.2, 0) is 6.54 Å². The van der Waals surface area contributed by atoms with E-state index in [0.717, 1.165) is 31.3 Å². The predicted molar refractivity (Wildman–Crippen MR) is 85.1 cm³/mol. The zero-order chi connectivity index (χ0) is 15.2. The van der Waals surface area contributed by atoms with Crippen molar-refractivity contribution in [2.75, 3.05) is 18.0 Å². The van der Waals surface area contributed by atoms with Gasteiger partial charge in [0.15, 0.2) is 0 Å². The van der Waals surface area contributed by atoms with Crippen molar-refractivity contribution >= 4 is 6.01 Å². The van der Waals surface area contributed by atoms with E-state index in [4.69, 9.17) is 4.42 Å². The van der Waals surface area contributed by atoms with Gasteiger partial charge in [-0.05, 0) is 33.6 Å². The summed E-state index contributed by atoms with van der Waals surface area (Å²) in [5.74, 6) is 0.706. The molecule has 0 aliphatic carbocycles. The fourth-order valence-corrected chi connectivity index (χ4v) is 2.08. The van der Waals surface area contributed by atoms with Crippen molar-refractivity contribution in [1.29, 1.82) is 0 Å². The number of rotatable bonds is 8. The summed E-state index contributed by atoms with van der Waals surface area (Å²) >= 11 is 0. The van der Waals surface area contributed by atoms with Crippen molar-refractivity contribution in [1.82, 2.24) is 10.3 Å². The van der Waals surface area contributed by atoms with E-state index >= 15 is 0 Å². The lowest BCUT2D eigenvalue weighted by atomic mass is 10.0. The molecule has 0 saturated carbocycles. The fourth-order valence-electron chi connectivity index (χ4n) is 2.08.